The second-order valence-corrected chi connectivity index (χ2v) is 5.61. The van der Waals surface area contributed by atoms with Gasteiger partial charge >= 0.3 is 5.97 Å². The first kappa shape index (κ1) is 15.6. The Hall–Kier alpha value is -2.30. The van der Waals surface area contributed by atoms with Crippen LogP contribution in [0.4, 0.5) is 0 Å². The predicted molar refractivity (Wildman–Crippen MR) is 90.1 cm³/mol. The van der Waals surface area contributed by atoms with E-state index in [-0.39, 0.29) is 11.6 Å². The highest BCUT2D eigenvalue weighted by atomic mass is 35.5. The van der Waals surface area contributed by atoms with E-state index in [2.05, 4.69) is 4.99 Å². The molecule has 0 atom stereocenters. The molecule has 6 heteroatoms. The zero-order valence-electron chi connectivity index (χ0n) is 12.0. The molecule has 116 valence electrons. The van der Waals surface area contributed by atoms with Crippen molar-refractivity contribution in [3.8, 4) is 5.75 Å². The Bertz CT molecular complexity index is 826. The Morgan fingerprint density at radius 3 is 2.48 bits per heavy atom. The van der Waals surface area contributed by atoms with Crippen LogP contribution in [0.1, 0.15) is 11.1 Å². The number of ether oxygens (including phenoxy) is 2. The van der Waals surface area contributed by atoms with E-state index in [1.165, 1.54) is 7.11 Å². The zero-order valence-corrected chi connectivity index (χ0v) is 13.6. The SMILES string of the molecule is COc1ccc(Cl)cc1C1=NC(=Cc2ccc(Cl)cc2)C(=O)O1. The van der Waals surface area contributed by atoms with Crippen molar-refractivity contribution in [2.75, 3.05) is 7.11 Å². The predicted octanol–water partition coefficient (Wildman–Crippen LogP) is 4.35. The van der Waals surface area contributed by atoms with Crippen molar-refractivity contribution in [3.05, 3.63) is 69.3 Å². The van der Waals surface area contributed by atoms with Gasteiger partial charge < -0.3 is 9.47 Å². The van der Waals surface area contributed by atoms with Crippen LogP contribution in [0.15, 0.2) is 53.2 Å². The highest BCUT2D eigenvalue weighted by molar-refractivity contribution is 6.31. The molecule has 1 aliphatic rings. The number of methoxy groups -OCH3 is 1. The quantitative estimate of drug-likeness (QED) is 0.612. The molecule has 0 spiro atoms. The molecule has 2 aromatic rings. The van der Waals surface area contributed by atoms with Crippen molar-refractivity contribution < 1.29 is 14.3 Å². The minimum atomic E-state index is -0.531. The Morgan fingerprint density at radius 2 is 1.78 bits per heavy atom. The van der Waals surface area contributed by atoms with Gasteiger partial charge in [-0.3, -0.25) is 0 Å². The Morgan fingerprint density at radius 1 is 1.09 bits per heavy atom. The van der Waals surface area contributed by atoms with Gasteiger partial charge in [0.05, 0.1) is 12.7 Å². The normalized spacial score (nSPS) is 15.5. The van der Waals surface area contributed by atoms with E-state index in [0.717, 1.165) is 5.56 Å². The molecular weight excluding hydrogens is 337 g/mol. The number of aliphatic imine (C=N–C) groups is 1. The number of hydrogen-bond donors (Lipinski definition) is 0. The van der Waals surface area contributed by atoms with Crippen LogP contribution in [0, 0.1) is 0 Å². The maximum atomic E-state index is 12.0. The first-order chi connectivity index (χ1) is 11.1. The summed E-state index contributed by atoms with van der Waals surface area (Å²) in [4.78, 5) is 16.3. The number of rotatable bonds is 3. The number of nitrogens with zero attached hydrogens (tertiary/aromatic N) is 1. The maximum Gasteiger partial charge on any atom is 0.363 e. The van der Waals surface area contributed by atoms with Gasteiger partial charge in [-0.05, 0) is 42.0 Å². The van der Waals surface area contributed by atoms with Crippen molar-refractivity contribution in [1.29, 1.82) is 0 Å². The van der Waals surface area contributed by atoms with Crippen LogP contribution >= 0.6 is 23.2 Å². The molecule has 0 saturated heterocycles. The van der Waals surface area contributed by atoms with Crippen LogP contribution in [-0.2, 0) is 9.53 Å². The number of carbonyl (C=O) groups excluding carboxylic acids is 1. The minimum Gasteiger partial charge on any atom is -0.496 e. The van der Waals surface area contributed by atoms with Gasteiger partial charge in [-0.2, -0.15) is 0 Å². The summed E-state index contributed by atoms with van der Waals surface area (Å²) >= 11 is 11.8. The molecule has 0 amide bonds. The lowest BCUT2D eigenvalue weighted by Gasteiger charge is -2.07. The highest BCUT2D eigenvalue weighted by Crippen LogP contribution is 2.27. The first-order valence-electron chi connectivity index (χ1n) is 6.69. The summed E-state index contributed by atoms with van der Waals surface area (Å²) in [7, 11) is 1.52. The minimum absolute atomic E-state index is 0.162. The summed E-state index contributed by atoms with van der Waals surface area (Å²) in [6, 6.07) is 12.1. The number of carbonyl (C=O) groups is 1. The van der Waals surface area contributed by atoms with Crippen molar-refractivity contribution in [3.63, 3.8) is 0 Å². The van der Waals surface area contributed by atoms with Gasteiger partial charge in [0.25, 0.3) is 0 Å². The zero-order chi connectivity index (χ0) is 16.4. The third kappa shape index (κ3) is 3.38. The van der Waals surface area contributed by atoms with E-state index in [0.29, 0.717) is 21.4 Å². The van der Waals surface area contributed by atoms with Crippen molar-refractivity contribution in [1.82, 2.24) is 0 Å². The fourth-order valence-corrected chi connectivity index (χ4v) is 2.39. The molecule has 0 radical (unpaired) electrons. The third-order valence-corrected chi connectivity index (χ3v) is 3.67. The summed E-state index contributed by atoms with van der Waals surface area (Å²) in [6.07, 6.45) is 1.63. The molecule has 4 nitrogen and oxygen atoms in total. The lowest BCUT2D eigenvalue weighted by Crippen LogP contribution is -2.07. The molecule has 0 aliphatic carbocycles. The summed E-state index contributed by atoms with van der Waals surface area (Å²) in [6.45, 7) is 0. The molecule has 1 aliphatic heterocycles. The average molecular weight is 348 g/mol. The van der Waals surface area contributed by atoms with Crippen LogP contribution in [0.25, 0.3) is 6.08 Å². The number of esters is 1. The van der Waals surface area contributed by atoms with E-state index < -0.39 is 5.97 Å². The molecule has 0 N–H and O–H groups in total. The summed E-state index contributed by atoms with van der Waals surface area (Å²) in [5, 5.41) is 1.11. The van der Waals surface area contributed by atoms with Gasteiger partial charge in [0.15, 0.2) is 5.70 Å². The van der Waals surface area contributed by atoms with Gasteiger partial charge in [-0.25, -0.2) is 9.79 Å². The number of hydrogen-bond acceptors (Lipinski definition) is 4. The van der Waals surface area contributed by atoms with E-state index >= 15 is 0 Å². The van der Waals surface area contributed by atoms with Gasteiger partial charge in [-0.15, -0.1) is 0 Å². The van der Waals surface area contributed by atoms with E-state index in [1.54, 1.807) is 48.5 Å². The van der Waals surface area contributed by atoms with Gasteiger partial charge in [0.1, 0.15) is 5.75 Å². The highest BCUT2D eigenvalue weighted by Gasteiger charge is 2.26. The van der Waals surface area contributed by atoms with Crippen molar-refractivity contribution >= 4 is 41.1 Å². The topological polar surface area (TPSA) is 47.9 Å². The lowest BCUT2D eigenvalue weighted by molar-refractivity contribution is -0.129. The number of benzene rings is 2. The molecular formula is C17H11Cl2NO3. The van der Waals surface area contributed by atoms with E-state index in [4.69, 9.17) is 32.7 Å². The molecule has 0 bridgehead atoms. The lowest BCUT2D eigenvalue weighted by atomic mass is 10.2. The molecule has 3 rings (SSSR count). The van der Waals surface area contributed by atoms with Gasteiger partial charge in [-0.1, -0.05) is 35.3 Å². The first-order valence-corrected chi connectivity index (χ1v) is 7.44. The molecule has 23 heavy (non-hydrogen) atoms. The second-order valence-electron chi connectivity index (χ2n) is 4.73. The third-order valence-electron chi connectivity index (χ3n) is 3.19. The second kappa shape index (κ2) is 6.44. The molecule has 0 saturated carbocycles. The summed E-state index contributed by atoms with van der Waals surface area (Å²) in [5.41, 5.74) is 1.52. The molecule has 0 fully saturated rings. The summed E-state index contributed by atoms with van der Waals surface area (Å²) in [5.74, 6) is 0.153. The molecule has 0 aromatic heterocycles. The fourth-order valence-electron chi connectivity index (χ4n) is 2.09. The van der Waals surface area contributed by atoms with E-state index in [9.17, 15) is 4.79 Å². The Labute approximate surface area is 143 Å². The molecule has 0 unspecified atom stereocenters. The smallest absolute Gasteiger partial charge is 0.363 e. The maximum absolute atomic E-state index is 12.0. The monoisotopic (exact) mass is 347 g/mol. The van der Waals surface area contributed by atoms with Crippen molar-refractivity contribution in [2.24, 2.45) is 4.99 Å². The van der Waals surface area contributed by atoms with Gasteiger partial charge in [0.2, 0.25) is 5.90 Å². The van der Waals surface area contributed by atoms with Gasteiger partial charge in [0, 0.05) is 10.0 Å². The molecule has 2 aromatic carbocycles. The van der Waals surface area contributed by atoms with Crippen LogP contribution in [0.3, 0.4) is 0 Å². The largest absolute Gasteiger partial charge is 0.496 e. The van der Waals surface area contributed by atoms with Crippen LogP contribution in [-0.4, -0.2) is 19.0 Å². The number of cyclic esters (lactones) is 1. The number of halogens is 2. The fraction of sp³-hybridized carbons (Fsp3) is 0.0588. The average Bonchev–Trinajstić information content (AvgIpc) is 2.90. The Kier molecular flexibility index (Phi) is 4.37. The summed E-state index contributed by atoms with van der Waals surface area (Å²) < 4.78 is 10.5. The van der Waals surface area contributed by atoms with Crippen molar-refractivity contribution in [2.45, 2.75) is 0 Å². The molecule has 1 heterocycles. The van der Waals surface area contributed by atoms with Crippen LogP contribution < -0.4 is 4.74 Å². The van der Waals surface area contributed by atoms with Crippen LogP contribution in [0.5, 0.6) is 5.75 Å². The Balaban J connectivity index is 1.98. The van der Waals surface area contributed by atoms with Crippen LogP contribution in [0.2, 0.25) is 10.0 Å². The van der Waals surface area contributed by atoms with E-state index in [1.807, 2.05) is 0 Å². The standard InChI is InChI=1S/C17H11Cl2NO3/c1-22-15-7-6-12(19)9-13(15)16-20-14(17(21)23-16)8-10-2-4-11(18)5-3-10/h2-9H,1H3.